The molecule has 0 saturated carbocycles. The maximum Gasteiger partial charge on any atom is 0.139 e. The molecule has 1 aromatic carbocycles. The monoisotopic (exact) mass is 287 g/mol. The van der Waals surface area contributed by atoms with Gasteiger partial charge in [-0.15, -0.1) is 0 Å². The highest BCUT2D eigenvalue weighted by Gasteiger charge is 2.13. The van der Waals surface area contributed by atoms with Gasteiger partial charge in [-0.1, -0.05) is 11.6 Å². The molecule has 0 spiro atoms. The first-order valence-corrected chi connectivity index (χ1v) is 5.24. The van der Waals surface area contributed by atoms with Crippen molar-refractivity contribution in [3.05, 3.63) is 27.8 Å². The van der Waals surface area contributed by atoms with Gasteiger partial charge in [0, 0.05) is 10.6 Å². The van der Waals surface area contributed by atoms with Gasteiger partial charge in [0.15, 0.2) is 0 Å². The quantitative estimate of drug-likeness (QED) is 0.755. The zero-order chi connectivity index (χ0) is 11.0. The van der Waals surface area contributed by atoms with Gasteiger partial charge >= 0.3 is 0 Å². The minimum atomic E-state index is 0.0790. The number of hydrogen-bond acceptors (Lipinski definition) is 3. The van der Waals surface area contributed by atoms with Gasteiger partial charge in [-0.2, -0.15) is 5.10 Å². The van der Waals surface area contributed by atoms with Crippen molar-refractivity contribution in [3.63, 3.8) is 0 Å². The summed E-state index contributed by atoms with van der Waals surface area (Å²) < 4.78 is 0.513. The average molecular weight is 289 g/mol. The van der Waals surface area contributed by atoms with Crippen molar-refractivity contribution in [1.29, 1.82) is 0 Å². The van der Waals surface area contributed by atoms with Crippen LogP contribution in [0.2, 0.25) is 5.02 Å². The molecule has 0 radical (unpaired) electrons. The van der Waals surface area contributed by atoms with Crippen LogP contribution in [0.4, 0.5) is 5.69 Å². The number of nitrogen functional groups attached to an aromatic ring is 1. The van der Waals surface area contributed by atoms with E-state index in [9.17, 15) is 5.11 Å². The molecule has 0 saturated heterocycles. The molecule has 0 fully saturated rings. The van der Waals surface area contributed by atoms with Crippen molar-refractivity contribution in [2.45, 2.75) is 0 Å². The van der Waals surface area contributed by atoms with Crippen LogP contribution in [0, 0.1) is 0 Å². The third-order valence-corrected chi connectivity index (χ3v) is 2.79. The molecule has 0 unspecified atom stereocenters. The molecule has 0 aliphatic heterocycles. The number of phenols is 1. The molecule has 2 rings (SSSR count). The lowest BCUT2D eigenvalue weighted by atomic mass is 10.1. The van der Waals surface area contributed by atoms with Crippen molar-refractivity contribution in [2.75, 3.05) is 5.73 Å². The van der Waals surface area contributed by atoms with Crippen LogP contribution >= 0.6 is 27.5 Å². The molecule has 1 aromatic heterocycles. The number of halogens is 2. The number of aromatic hydroxyl groups is 1. The van der Waals surface area contributed by atoms with E-state index in [1.165, 1.54) is 6.20 Å². The molecule has 0 atom stereocenters. The molecule has 78 valence electrons. The Balaban J connectivity index is 2.68. The lowest BCUT2D eigenvalue weighted by Crippen LogP contribution is -1.88. The van der Waals surface area contributed by atoms with E-state index < -0.39 is 0 Å². The topological polar surface area (TPSA) is 74.9 Å². The average Bonchev–Trinajstić information content (AvgIpc) is 2.58. The molecular formula is C9H7BrClN3O. The first-order valence-electron chi connectivity index (χ1n) is 4.07. The third-order valence-electron chi connectivity index (χ3n) is 1.97. The fourth-order valence-electron chi connectivity index (χ4n) is 1.27. The Morgan fingerprint density at radius 2 is 2.20 bits per heavy atom. The Morgan fingerprint density at radius 1 is 1.47 bits per heavy atom. The Morgan fingerprint density at radius 3 is 2.80 bits per heavy atom. The zero-order valence-electron chi connectivity index (χ0n) is 7.46. The van der Waals surface area contributed by atoms with Crippen LogP contribution < -0.4 is 5.73 Å². The second-order valence-electron chi connectivity index (χ2n) is 2.98. The number of aromatic amines is 1. The predicted molar refractivity (Wildman–Crippen MR) is 62.8 cm³/mol. The van der Waals surface area contributed by atoms with Gasteiger partial charge in [-0.25, -0.2) is 0 Å². The molecule has 4 nitrogen and oxygen atoms in total. The van der Waals surface area contributed by atoms with Crippen LogP contribution in [-0.4, -0.2) is 15.3 Å². The fourth-order valence-corrected chi connectivity index (χ4v) is 2.08. The second-order valence-corrected chi connectivity index (χ2v) is 4.27. The lowest BCUT2D eigenvalue weighted by molar-refractivity contribution is 0.474. The summed E-state index contributed by atoms with van der Waals surface area (Å²) in [7, 11) is 0. The van der Waals surface area contributed by atoms with Crippen LogP contribution in [0.25, 0.3) is 11.3 Å². The standard InChI is InChI=1S/C9H7BrClN3O/c10-6-2-4(11)1-5(9(6)15)8-7(12)3-13-14-8/h1-3,15H,12H2,(H,13,14). The van der Waals surface area contributed by atoms with E-state index in [2.05, 4.69) is 26.1 Å². The zero-order valence-corrected chi connectivity index (χ0v) is 9.80. The van der Waals surface area contributed by atoms with Crippen LogP contribution in [-0.2, 0) is 0 Å². The minimum absolute atomic E-state index is 0.0790. The SMILES string of the molecule is Nc1cn[nH]c1-c1cc(Cl)cc(Br)c1O. The highest BCUT2D eigenvalue weighted by atomic mass is 79.9. The second kappa shape index (κ2) is 3.75. The largest absolute Gasteiger partial charge is 0.506 e. The van der Waals surface area contributed by atoms with Gasteiger partial charge in [-0.3, -0.25) is 5.10 Å². The summed E-state index contributed by atoms with van der Waals surface area (Å²) in [5.41, 5.74) is 7.21. The number of nitrogens with one attached hydrogen (secondary N) is 1. The van der Waals surface area contributed by atoms with Gasteiger partial charge in [0.25, 0.3) is 0 Å². The van der Waals surface area contributed by atoms with E-state index in [1.54, 1.807) is 12.1 Å². The van der Waals surface area contributed by atoms with E-state index >= 15 is 0 Å². The summed E-state index contributed by atoms with van der Waals surface area (Å²) >= 11 is 9.07. The smallest absolute Gasteiger partial charge is 0.139 e. The Kier molecular flexibility index (Phi) is 2.58. The molecule has 0 amide bonds. The maximum atomic E-state index is 9.81. The molecule has 0 aliphatic carbocycles. The number of phenolic OH excluding ortho intramolecular Hbond substituents is 1. The summed E-state index contributed by atoms with van der Waals surface area (Å²) in [4.78, 5) is 0. The summed E-state index contributed by atoms with van der Waals surface area (Å²) in [6.07, 6.45) is 1.48. The van der Waals surface area contributed by atoms with Crippen molar-refractivity contribution in [1.82, 2.24) is 10.2 Å². The first-order chi connectivity index (χ1) is 7.09. The normalized spacial score (nSPS) is 10.5. The molecule has 0 aliphatic rings. The molecule has 0 bridgehead atoms. The summed E-state index contributed by atoms with van der Waals surface area (Å²) in [5.74, 6) is 0.0790. The Hall–Kier alpha value is -1.20. The summed E-state index contributed by atoms with van der Waals surface area (Å²) in [6.45, 7) is 0. The molecule has 2 aromatic rings. The molecule has 15 heavy (non-hydrogen) atoms. The van der Waals surface area contributed by atoms with Gasteiger partial charge in [0.2, 0.25) is 0 Å². The fraction of sp³-hybridized carbons (Fsp3) is 0. The lowest BCUT2D eigenvalue weighted by Gasteiger charge is -2.06. The number of hydrogen-bond donors (Lipinski definition) is 3. The maximum absolute atomic E-state index is 9.81. The Labute approximate surface area is 99.2 Å². The van der Waals surface area contributed by atoms with E-state index in [0.29, 0.717) is 26.4 Å². The number of H-pyrrole nitrogens is 1. The Bertz CT molecular complexity index is 512. The van der Waals surface area contributed by atoms with Crippen LogP contribution in [0.1, 0.15) is 0 Å². The summed E-state index contributed by atoms with van der Waals surface area (Å²) in [6, 6.07) is 3.22. The first kappa shape index (κ1) is 10.3. The number of nitrogens with two attached hydrogens (primary N) is 1. The minimum Gasteiger partial charge on any atom is -0.506 e. The van der Waals surface area contributed by atoms with Crippen molar-refractivity contribution in [2.24, 2.45) is 0 Å². The van der Waals surface area contributed by atoms with Gasteiger partial charge < -0.3 is 10.8 Å². The van der Waals surface area contributed by atoms with E-state index in [-0.39, 0.29) is 5.75 Å². The number of nitrogens with zero attached hydrogens (tertiary/aromatic N) is 1. The number of benzene rings is 1. The number of anilines is 1. The van der Waals surface area contributed by atoms with Crippen molar-refractivity contribution >= 4 is 33.2 Å². The summed E-state index contributed by atoms with van der Waals surface area (Å²) in [5, 5.41) is 16.8. The molecule has 4 N–H and O–H groups in total. The van der Waals surface area contributed by atoms with Crippen LogP contribution in [0.3, 0.4) is 0 Å². The number of rotatable bonds is 1. The number of aromatic nitrogens is 2. The molecule has 1 heterocycles. The van der Waals surface area contributed by atoms with E-state index in [1.807, 2.05) is 0 Å². The molecule has 6 heteroatoms. The van der Waals surface area contributed by atoms with Crippen molar-refractivity contribution in [3.8, 4) is 17.0 Å². The molecular weight excluding hydrogens is 281 g/mol. The highest BCUT2D eigenvalue weighted by molar-refractivity contribution is 9.10. The van der Waals surface area contributed by atoms with E-state index in [4.69, 9.17) is 17.3 Å². The predicted octanol–water partition coefficient (Wildman–Crippen LogP) is 2.78. The van der Waals surface area contributed by atoms with E-state index in [0.717, 1.165) is 0 Å². The van der Waals surface area contributed by atoms with Gasteiger partial charge in [0.1, 0.15) is 5.75 Å². The van der Waals surface area contributed by atoms with Crippen LogP contribution in [0.5, 0.6) is 5.75 Å². The van der Waals surface area contributed by atoms with Crippen molar-refractivity contribution < 1.29 is 5.11 Å². The van der Waals surface area contributed by atoms with Gasteiger partial charge in [-0.05, 0) is 28.1 Å². The van der Waals surface area contributed by atoms with Gasteiger partial charge in [0.05, 0.1) is 22.1 Å². The highest BCUT2D eigenvalue weighted by Crippen LogP contribution is 2.38. The third kappa shape index (κ3) is 1.80. The van der Waals surface area contributed by atoms with Crippen LogP contribution in [0.15, 0.2) is 22.8 Å².